The van der Waals surface area contributed by atoms with Gasteiger partial charge in [0.1, 0.15) is 0 Å². The summed E-state index contributed by atoms with van der Waals surface area (Å²) in [5.41, 5.74) is 0. The molecule has 0 bridgehead atoms. The zero-order chi connectivity index (χ0) is 7.23. The van der Waals surface area contributed by atoms with Crippen LogP contribution in [0.1, 0.15) is 6.92 Å². The third kappa shape index (κ3) is 3.96. The molecule has 1 aromatic rings. The van der Waals surface area contributed by atoms with Crippen LogP contribution in [0.4, 0.5) is 0 Å². The van der Waals surface area contributed by atoms with Crippen LogP contribution in [-0.2, 0) is 11.5 Å². The molecular formula is C8H12ClNO. The van der Waals surface area contributed by atoms with Gasteiger partial charge in [0.25, 0.3) is 6.73 Å². The Morgan fingerprint density at radius 1 is 1.18 bits per heavy atom. The molecule has 0 aliphatic rings. The van der Waals surface area contributed by atoms with Gasteiger partial charge in [0.15, 0.2) is 12.4 Å². The van der Waals surface area contributed by atoms with Crippen LogP contribution in [0.5, 0.6) is 0 Å². The fraction of sp³-hybridized carbons (Fsp3) is 0.375. The van der Waals surface area contributed by atoms with Crippen molar-refractivity contribution in [2.75, 3.05) is 6.61 Å². The second-order valence-corrected chi connectivity index (χ2v) is 2.01. The molecule has 0 amide bonds. The highest BCUT2D eigenvalue weighted by Gasteiger charge is 1.92. The topological polar surface area (TPSA) is 13.1 Å². The Bertz CT molecular complexity index is 179. The quantitative estimate of drug-likeness (QED) is 0.481. The number of hydrogen-bond donors (Lipinski definition) is 0. The van der Waals surface area contributed by atoms with E-state index in [4.69, 9.17) is 4.74 Å². The van der Waals surface area contributed by atoms with Gasteiger partial charge in [-0.15, -0.1) is 0 Å². The number of ether oxygens (including phenoxy) is 1. The molecule has 3 heteroatoms. The Kier molecular flexibility index (Phi) is 5.80. The largest absolute Gasteiger partial charge is 1.00 e. The van der Waals surface area contributed by atoms with Crippen molar-refractivity contribution in [3.8, 4) is 0 Å². The minimum absolute atomic E-state index is 0. The number of halogens is 1. The zero-order valence-corrected chi connectivity index (χ0v) is 7.29. The van der Waals surface area contributed by atoms with Crippen LogP contribution >= 0.6 is 0 Å². The normalized spacial score (nSPS) is 8.82. The van der Waals surface area contributed by atoms with Crippen molar-refractivity contribution < 1.29 is 21.7 Å². The average molecular weight is 174 g/mol. The zero-order valence-electron chi connectivity index (χ0n) is 6.53. The second kappa shape index (κ2) is 6.13. The van der Waals surface area contributed by atoms with Gasteiger partial charge in [0.05, 0.1) is 6.61 Å². The predicted molar refractivity (Wildman–Crippen MR) is 38.3 cm³/mol. The van der Waals surface area contributed by atoms with Crippen molar-refractivity contribution in [2.45, 2.75) is 13.7 Å². The smallest absolute Gasteiger partial charge is 0.252 e. The van der Waals surface area contributed by atoms with E-state index in [-0.39, 0.29) is 12.4 Å². The Labute approximate surface area is 73.2 Å². The lowest BCUT2D eigenvalue weighted by Crippen LogP contribution is -3.00. The standard InChI is InChI=1S/C8H12NO.ClH/c1-2-10-8-9-6-4-3-5-7-9;/h3-7H,2,8H2,1H3;1H/q+1;/p-1. The molecular weight excluding hydrogens is 162 g/mol. The summed E-state index contributed by atoms with van der Waals surface area (Å²) >= 11 is 0. The van der Waals surface area contributed by atoms with Gasteiger partial charge in [-0.1, -0.05) is 6.07 Å². The third-order valence-electron chi connectivity index (χ3n) is 1.22. The lowest BCUT2D eigenvalue weighted by Gasteiger charge is -1.93. The second-order valence-electron chi connectivity index (χ2n) is 2.01. The van der Waals surface area contributed by atoms with Crippen molar-refractivity contribution >= 4 is 0 Å². The van der Waals surface area contributed by atoms with Crippen LogP contribution in [0.15, 0.2) is 30.6 Å². The van der Waals surface area contributed by atoms with E-state index in [1.807, 2.05) is 42.1 Å². The lowest BCUT2D eigenvalue weighted by atomic mass is 10.5. The summed E-state index contributed by atoms with van der Waals surface area (Å²) in [6.45, 7) is 3.41. The first kappa shape index (κ1) is 10.4. The number of rotatable bonds is 3. The fourth-order valence-electron chi connectivity index (χ4n) is 0.717. The monoisotopic (exact) mass is 173 g/mol. The Hall–Kier alpha value is -0.600. The maximum atomic E-state index is 5.18. The summed E-state index contributed by atoms with van der Waals surface area (Å²) in [7, 11) is 0. The molecule has 1 heterocycles. The van der Waals surface area contributed by atoms with Crippen molar-refractivity contribution in [3.63, 3.8) is 0 Å². The molecule has 0 saturated carbocycles. The SMILES string of the molecule is CCOC[n+]1ccccc1.[Cl-]. The van der Waals surface area contributed by atoms with E-state index in [0.717, 1.165) is 6.61 Å². The van der Waals surface area contributed by atoms with Crippen LogP contribution in [0, 0.1) is 0 Å². The van der Waals surface area contributed by atoms with E-state index in [0.29, 0.717) is 6.73 Å². The molecule has 62 valence electrons. The molecule has 0 unspecified atom stereocenters. The first-order valence-corrected chi connectivity index (χ1v) is 3.45. The molecule has 0 saturated heterocycles. The Morgan fingerprint density at radius 2 is 1.82 bits per heavy atom. The molecule has 0 spiro atoms. The van der Waals surface area contributed by atoms with E-state index in [9.17, 15) is 0 Å². The average Bonchev–Trinajstić information content (AvgIpc) is 2.03. The molecule has 1 rings (SSSR count). The summed E-state index contributed by atoms with van der Waals surface area (Å²) in [5.74, 6) is 0. The van der Waals surface area contributed by atoms with E-state index in [1.165, 1.54) is 0 Å². The van der Waals surface area contributed by atoms with Gasteiger partial charge in [-0.05, 0) is 6.92 Å². The van der Waals surface area contributed by atoms with Gasteiger partial charge in [-0.3, -0.25) is 0 Å². The number of pyridine rings is 1. The summed E-state index contributed by atoms with van der Waals surface area (Å²) in [5, 5.41) is 0. The van der Waals surface area contributed by atoms with Crippen molar-refractivity contribution in [1.29, 1.82) is 0 Å². The van der Waals surface area contributed by atoms with Gasteiger partial charge < -0.3 is 17.1 Å². The number of hydrogen-bond acceptors (Lipinski definition) is 1. The number of aromatic nitrogens is 1. The highest BCUT2D eigenvalue weighted by molar-refractivity contribution is 4.83. The van der Waals surface area contributed by atoms with E-state index in [1.54, 1.807) is 0 Å². The molecule has 0 N–H and O–H groups in total. The van der Waals surface area contributed by atoms with Crippen LogP contribution in [-0.4, -0.2) is 6.61 Å². The van der Waals surface area contributed by atoms with Crippen LogP contribution in [0.25, 0.3) is 0 Å². The van der Waals surface area contributed by atoms with Gasteiger partial charge in [0, 0.05) is 12.1 Å². The fourth-order valence-corrected chi connectivity index (χ4v) is 0.717. The van der Waals surface area contributed by atoms with E-state index in [2.05, 4.69) is 0 Å². The first-order chi connectivity index (χ1) is 4.93. The third-order valence-corrected chi connectivity index (χ3v) is 1.22. The molecule has 2 nitrogen and oxygen atoms in total. The van der Waals surface area contributed by atoms with Gasteiger partial charge >= 0.3 is 0 Å². The molecule has 0 aliphatic carbocycles. The maximum absolute atomic E-state index is 5.18. The van der Waals surface area contributed by atoms with Gasteiger partial charge in [-0.2, -0.15) is 4.57 Å². The highest BCUT2D eigenvalue weighted by Crippen LogP contribution is 1.77. The predicted octanol–water partition coefficient (Wildman–Crippen LogP) is -2.03. The molecule has 11 heavy (non-hydrogen) atoms. The van der Waals surface area contributed by atoms with Gasteiger partial charge in [-0.25, -0.2) is 0 Å². The summed E-state index contributed by atoms with van der Waals surface area (Å²) in [6.07, 6.45) is 3.96. The highest BCUT2D eigenvalue weighted by atomic mass is 35.5. The summed E-state index contributed by atoms with van der Waals surface area (Å²) in [6, 6.07) is 5.96. The minimum atomic E-state index is 0. The lowest BCUT2D eigenvalue weighted by molar-refractivity contribution is -0.732. The molecule has 0 aromatic carbocycles. The Balaban J connectivity index is 0.000001000. The minimum Gasteiger partial charge on any atom is -1.00 e. The van der Waals surface area contributed by atoms with Crippen molar-refractivity contribution in [1.82, 2.24) is 0 Å². The van der Waals surface area contributed by atoms with E-state index < -0.39 is 0 Å². The molecule has 0 atom stereocenters. The van der Waals surface area contributed by atoms with Crippen LogP contribution < -0.4 is 17.0 Å². The van der Waals surface area contributed by atoms with Crippen molar-refractivity contribution in [2.24, 2.45) is 0 Å². The molecule has 1 aromatic heterocycles. The Morgan fingerprint density at radius 3 is 2.36 bits per heavy atom. The maximum Gasteiger partial charge on any atom is 0.252 e. The number of nitrogens with zero attached hydrogens (tertiary/aromatic N) is 1. The first-order valence-electron chi connectivity index (χ1n) is 3.45. The van der Waals surface area contributed by atoms with Crippen molar-refractivity contribution in [3.05, 3.63) is 30.6 Å². The molecule has 0 fully saturated rings. The van der Waals surface area contributed by atoms with Crippen LogP contribution in [0.3, 0.4) is 0 Å². The van der Waals surface area contributed by atoms with Crippen LogP contribution in [0.2, 0.25) is 0 Å². The van der Waals surface area contributed by atoms with E-state index >= 15 is 0 Å². The summed E-state index contributed by atoms with van der Waals surface area (Å²) in [4.78, 5) is 0. The molecule has 0 radical (unpaired) electrons. The molecule has 0 aliphatic heterocycles. The summed E-state index contributed by atoms with van der Waals surface area (Å²) < 4.78 is 7.17. The van der Waals surface area contributed by atoms with Gasteiger partial charge in [0.2, 0.25) is 0 Å².